The first-order chi connectivity index (χ1) is 9.15. The molecule has 1 aromatic rings. The number of benzene rings is 1. The van der Waals surface area contributed by atoms with Gasteiger partial charge in [-0.1, -0.05) is 0 Å². The van der Waals surface area contributed by atoms with E-state index in [1.807, 2.05) is 4.90 Å². The van der Waals surface area contributed by atoms with E-state index >= 15 is 0 Å². The normalized spacial score (nSPS) is 25.0. The Morgan fingerprint density at radius 1 is 1.35 bits per heavy atom. The molecular formula is C14H17BrClFN2O. The van der Waals surface area contributed by atoms with E-state index in [1.54, 1.807) is 12.1 Å². The van der Waals surface area contributed by atoms with Crippen molar-refractivity contribution in [2.45, 2.75) is 6.42 Å². The Balaban J connectivity index is 0.00000147. The monoisotopic (exact) mass is 362 g/mol. The summed E-state index contributed by atoms with van der Waals surface area (Å²) in [5, 5.41) is 3.39. The minimum absolute atomic E-state index is 0. The van der Waals surface area contributed by atoms with E-state index in [0.29, 0.717) is 21.9 Å². The predicted octanol–water partition coefficient (Wildman–Crippen LogP) is 2.69. The van der Waals surface area contributed by atoms with Crippen LogP contribution in [-0.2, 0) is 0 Å². The molecule has 1 aromatic carbocycles. The molecular weight excluding hydrogens is 347 g/mol. The zero-order valence-corrected chi connectivity index (χ0v) is 13.3. The topological polar surface area (TPSA) is 32.3 Å². The van der Waals surface area contributed by atoms with Gasteiger partial charge in [0.1, 0.15) is 5.82 Å². The van der Waals surface area contributed by atoms with Crippen molar-refractivity contribution in [3.05, 3.63) is 34.1 Å². The number of amides is 1. The summed E-state index contributed by atoms with van der Waals surface area (Å²) in [6.45, 7) is 3.69. The van der Waals surface area contributed by atoms with E-state index in [4.69, 9.17) is 0 Å². The highest BCUT2D eigenvalue weighted by atomic mass is 79.9. The summed E-state index contributed by atoms with van der Waals surface area (Å²) >= 11 is 3.13. The fourth-order valence-corrected chi connectivity index (χ4v) is 3.41. The van der Waals surface area contributed by atoms with E-state index in [9.17, 15) is 9.18 Å². The molecule has 2 aliphatic heterocycles. The van der Waals surface area contributed by atoms with Crippen LogP contribution in [0.5, 0.6) is 0 Å². The third-order valence-electron chi connectivity index (χ3n) is 4.16. The molecule has 3 nitrogen and oxygen atoms in total. The fourth-order valence-electron chi connectivity index (χ4n) is 3.03. The second kappa shape index (κ2) is 6.41. The van der Waals surface area contributed by atoms with Gasteiger partial charge in [-0.05, 0) is 65.5 Å². The van der Waals surface area contributed by atoms with Gasteiger partial charge in [0, 0.05) is 18.7 Å². The molecule has 0 radical (unpaired) electrons. The average molecular weight is 364 g/mol. The van der Waals surface area contributed by atoms with Gasteiger partial charge >= 0.3 is 0 Å². The first-order valence-electron chi connectivity index (χ1n) is 6.60. The molecule has 2 heterocycles. The van der Waals surface area contributed by atoms with Crippen LogP contribution in [0.4, 0.5) is 4.39 Å². The minimum atomic E-state index is -0.338. The summed E-state index contributed by atoms with van der Waals surface area (Å²) in [6.07, 6.45) is 1.06. The van der Waals surface area contributed by atoms with Crippen molar-refractivity contribution >= 4 is 34.2 Å². The van der Waals surface area contributed by atoms with Crippen molar-refractivity contribution in [1.82, 2.24) is 10.2 Å². The lowest BCUT2D eigenvalue weighted by atomic mass is 9.88. The van der Waals surface area contributed by atoms with E-state index in [1.165, 1.54) is 6.07 Å². The summed E-state index contributed by atoms with van der Waals surface area (Å²) in [5.74, 6) is 0.951. The van der Waals surface area contributed by atoms with E-state index in [-0.39, 0.29) is 24.1 Å². The number of rotatable bonds is 1. The lowest BCUT2D eigenvalue weighted by Gasteiger charge is -2.34. The number of hydrogen-bond acceptors (Lipinski definition) is 2. The first-order valence-corrected chi connectivity index (χ1v) is 7.39. The summed E-state index contributed by atoms with van der Waals surface area (Å²) in [6, 6.07) is 4.46. The average Bonchev–Trinajstić information content (AvgIpc) is 2.88. The minimum Gasteiger partial charge on any atom is -0.338 e. The maximum Gasteiger partial charge on any atom is 0.253 e. The molecule has 3 rings (SSSR count). The first kappa shape index (κ1) is 15.7. The standard InChI is InChI=1S/C14H16BrFN2O.ClH/c15-12-5-9(1-2-13(12)16)14(19)18-4-3-10-6-17-7-11(10)8-18;/h1-2,5,10-11,17H,3-4,6-8H2;1H. The molecule has 20 heavy (non-hydrogen) atoms. The summed E-state index contributed by atoms with van der Waals surface area (Å²) < 4.78 is 13.5. The van der Waals surface area contributed by atoms with Gasteiger partial charge in [-0.25, -0.2) is 4.39 Å². The van der Waals surface area contributed by atoms with Crippen LogP contribution in [0.1, 0.15) is 16.8 Å². The zero-order valence-electron chi connectivity index (χ0n) is 10.9. The van der Waals surface area contributed by atoms with Crippen molar-refractivity contribution in [2.24, 2.45) is 11.8 Å². The predicted molar refractivity (Wildman–Crippen MR) is 81.7 cm³/mol. The highest BCUT2D eigenvalue weighted by molar-refractivity contribution is 9.10. The molecule has 0 saturated carbocycles. The Kier molecular flexibility index (Phi) is 5.04. The number of fused-ring (bicyclic) bond motifs is 1. The molecule has 2 saturated heterocycles. The van der Waals surface area contributed by atoms with Crippen molar-refractivity contribution in [1.29, 1.82) is 0 Å². The van der Waals surface area contributed by atoms with Gasteiger partial charge in [-0.3, -0.25) is 4.79 Å². The molecule has 2 fully saturated rings. The number of halogens is 3. The maximum absolute atomic E-state index is 13.2. The number of likely N-dealkylation sites (tertiary alicyclic amines) is 1. The van der Waals surface area contributed by atoms with Crippen LogP contribution >= 0.6 is 28.3 Å². The molecule has 2 atom stereocenters. The van der Waals surface area contributed by atoms with Crippen LogP contribution in [-0.4, -0.2) is 37.0 Å². The highest BCUT2D eigenvalue weighted by Gasteiger charge is 2.34. The number of carbonyl (C=O) groups is 1. The molecule has 0 spiro atoms. The SMILES string of the molecule is Cl.O=C(c1ccc(F)c(Br)c1)N1CCC2CNCC2C1. The number of piperidine rings is 1. The van der Waals surface area contributed by atoms with Gasteiger partial charge in [-0.15, -0.1) is 12.4 Å². The second-order valence-corrected chi connectivity index (χ2v) is 6.20. The smallest absolute Gasteiger partial charge is 0.253 e. The summed E-state index contributed by atoms with van der Waals surface area (Å²) in [7, 11) is 0. The molecule has 2 aliphatic rings. The molecule has 0 aromatic heterocycles. The Labute approximate surface area is 132 Å². The third kappa shape index (κ3) is 3.00. The van der Waals surface area contributed by atoms with Crippen molar-refractivity contribution < 1.29 is 9.18 Å². The van der Waals surface area contributed by atoms with Crippen LogP contribution in [0.25, 0.3) is 0 Å². The second-order valence-electron chi connectivity index (χ2n) is 5.35. The maximum atomic E-state index is 13.2. The van der Waals surface area contributed by atoms with Crippen LogP contribution < -0.4 is 5.32 Å². The Morgan fingerprint density at radius 3 is 2.85 bits per heavy atom. The lowest BCUT2D eigenvalue weighted by Crippen LogP contribution is -2.43. The van der Waals surface area contributed by atoms with Gasteiger partial charge in [0.25, 0.3) is 5.91 Å². The van der Waals surface area contributed by atoms with E-state index < -0.39 is 0 Å². The van der Waals surface area contributed by atoms with Gasteiger partial charge in [0.2, 0.25) is 0 Å². The largest absolute Gasteiger partial charge is 0.338 e. The number of nitrogens with one attached hydrogen (secondary N) is 1. The summed E-state index contributed by atoms with van der Waals surface area (Å²) in [5.41, 5.74) is 0.553. The Hall–Kier alpha value is -0.650. The van der Waals surface area contributed by atoms with Crippen LogP contribution in [0.3, 0.4) is 0 Å². The van der Waals surface area contributed by atoms with Gasteiger partial charge < -0.3 is 10.2 Å². The zero-order chi connectivity index (χ0) is 13.4. The lowest BCUT2D eigenvalue weighted by molar-refractivity contribution is 0.0642. The van der Waals surface area contributed by atoms with Crippen molar-refractivity contribution in [3.8, 4) is 0 Å². The highest BCUT2D eigenvalue weighted by Crippen LogP contribution is 2.28. The number of carbonyl (C=O) groups excluding carboxylic acids is 1. The fraction of sp³-hybridized carbons (Fsp3) is 0.500. The number of nitrogens with zero attached hydrogens (tertiary/aromatic N) is 1. The molecule has 1 N–H and O–H groups in total. The number of hydrogen-bond donors (Lipinski definition) is 1. The summed E-state index contributed by atoms with van der Waals surface area (Å²) in [4.78, 5) is 14.3. The van der Waals surface area contributed by atoms with E-state index in [0.717, 1.165) is 32.6 Å². The Bertz CT molecular complexity index is 514. The van der Waals surface area contributed by atoms with Gasteiger partial charge in [-0.2, -0.15) is 0 Å². The van der Waals surface area contributed by atoms with Crippen LogP contribution in [0.2, 0.25) is 0 Å². The van der Waals surface area contributed by atoms with Crippen LogP contribution in [0.15, 0.2) is 22.7 Å². The molecule has 110 valence electrons. The molecule has 0 bridgehead atoms. The van der Waals surface area contributed by atoms with Crippen molar-refractivity contribution in [2.75, 3.05) is 26.2 Å². The quantitative estimate of drug-likeness (QED) is 0.832. The third-order valence-corrected chi connectivity index (χ3v) is 4.77. The van der Waals surface area contributed by atoms with Crippen LogP contribution in [0, 0.1) is 17.7 Å². The van der Waals surface area contributed by atoms with Gasteiger partial charge in [0.05, 0.1) is 4.47 Å². The molecule has 1 amide bonds. The molecule has 2 unspecified atom stereocenters. The van der Waals surface area contributed by atoms with E-state index in [2.05, 4.69) is 21.2 Å². The van der Waals surface area contributed by atoms with Crippen molar-refractivity contribution in [3.63, 3.8) is 0 Å². The molecule has 6 heteroatoms. The van der Waals surface area contributed by atoms with Gasteiger partial charge in [0.15, 0.2) is 0 Å². The molecule has 0 aliphatic carbocycles. The Morgan fingerprint density at radius 2 is 2.10 bits per heavy atom.